The van der Waals surface area contributed by atoms with Crippen molar-refractivity contribution in [1.82, 2.24) is 10.2 Å². The van der Waals surface area contributed by atoms with Crippen LogP contribution in [-0.2, 0) is 4.79 Å². The summed E-state index contributed by atoms with van der Waals surface area (Å²) >= 11 is 0. The second-order valence-electron chi connectivity index (χ2n) is 4.93. The quantitative estimate of drug-likeness (QED) is 0.570. The second kappa shape index (κ2) is 8.63. The van der Waals surface area contributed by atoms with Crippen molar-refractivity contribution in [3.05, 3.63) is 29.6 Å². The van der Waals surface area contributed by atoms with Gasteiger partial charge in [0.05, 0.1) is 5.69 Å². The van der Waals surface area contributed by atoms with E-state index in [1.807, 2.05) is 14.1 Å². The summed E-state index contributed by atoms with van der Waals surface area (Å²) in [5.41, 5.74) is -0.355. The van der Waals surface area contributed by atoms with E-state index in [0.717, 1.165) is 31.6 Å². The van der Waals surface area contributed by atoms with Crippen molar-refractivity contribution < 1.29 is 18.0 Å². The Morgan fingerprint density at radius 3 is 2.52 bits per heavy atom. The SMILES string of the molecule is CN(C)CCCNCCC(=O)Nc1ccc(F)c(F)c1F. The molecule has 0 aliphatic heterocycles. The third kappa shape index (κ3) is 6.14. The fourth-order valence-electron chi connectivity index (χ4n) is 1.68. The molecule has 4 nitrogen and oxygen atoms in total. The fourth-order valence-corrected chi connectivity index (χ4v) is 1.68. The third-order valence-electron chi connectivity index (χ3n) is 2.80. The molecule has 118 valence electrons. The van der Waals surface area contributed by atoms with Crippen LogP contribution in [0.25, 0.3) is 0 Å². The average molecular weight is 303 g/mol. The minimum Gasteiger partial charge on any atom is -0.323 e. The van der Waals surface area contributed by atoms with Crippen molar-refractivity contribution in [2.75, 3.05) is 39.0 Å². The molecule has 21 heavy (non-hydrogen) atoms. The average Bonchev–Trinajstić information content (AvgIpc) is 2.43. The van der Waals surface area contributed by atoms with Crippen LogP contribution in [0.3, 0.4) is 0 Å². The number of benzene rings is 1. The first kappa shape index (κ1) is 17.5. The molecule has 0 spiro atoms. The summed E-state index contributed by atoms with van der Waals surface area (Å²) in [6, 6.07) is 1.77. The number of anilines is 1. The van der Waals surface area contributed by atoms with Crippen molar-refractivity contribution in [2.24, 2.45) is 0 Å². The molecule has 0 aromatic heterocycles. The first-order valence-corrected chi connectivity index (χ1v) is 6.70. The number of hydrogen-bond donors (Lipinski definition) is 2. The van der Waals surface area contributed by atoms with Crippen LogP contribution < -0.4 is 10.6 Å². The lowest BCUT2D eigenvalue weighted by atomic mass is 10.2. The molecule has 1 amide bonds. The maximum absolute atomic E-state index is 13.3. The number of hydrogen-bond acceptors (Lipinski definition) is 3. The highest BCUT2D eigenvalue weighted by Crippen LogP contribution is 2.19. The summed E-state index contributed by atoms with van der Waals surface area (Å²) in [6.07, 6.45) is 1.08. The molecule has 0 aliphatic rings. The summed E-state index contributed by atoms with van der Waals surface area (Å²) in [5.74, 6) is -4.72. The highest BCUT2D eigenvalue weighted by Gasteiger charge is 2.14. The van der Waals surface area contributed by atoms with Crippen LogP contribution in [0.5, 0.6) is 0 Å². The van der Waals surface area contributed by atoms with E-state index < -0.39 is 23.4 Å². The largest absolute Gasteiger partial charge is 0.323 e. The molecule has 0 saturated heterocycles. The number of halogens is 3. The Morgan fingerprint density at radius 1 is 1.14 bits per heavy atom. The number of amides is 1. The van der Waals surface area contributed by atoms with Gasteiger partial charge in [-0.25, -0.2) is 13.2 Å². The van der Waals surface area contributed by atoms with E-state index in [1.54, 1.807) is 0 Å². The maximum Gasteiger partial charge on any atom is 0.225 e. The maximum atomic E-state index is 13.3. The molecule has 1 aromatic carbocycles. The van der Waals surface area contributed by atoms with E-state index in [4.69, 9.17) is 0 Å². The molecule has 0 fully saturated rings. The second-order valence-corrected chi connectivity index (χ2v) is 4.93. The smallest absolute Gasteiger partial charge is 0.225 e. The van der Waals surface area contributed by atoms with Gasteiger partial charge in [-0.3, -0.25) is 4.79 Å². The zero-order chi connectivity index (χ0) is 15.8. The zero-order valence-corrected chi connectivity index (χ0v) is 12.2. The van der Waals surface area contributed by atoms with E-state index >= 15 is 0 Å². The van der Waals surface area contributed by atoms with Crippen molar-refractivity contribution in [1.29, 1.82) is 0 Å². The van der Waals surface area contributed by atoms with Gasteiger partial charge >= 0.3 is 0 Å². The van der Waals surface area contributed by atoms with Crippen LogP contribution in [0.2, 0.25) is 0 Å². The van der Waals surface area contributed by atoms with Gasteiger partial charge in [0.1, 0.15) is 0 Å². The Morgan fingerprint density at radius 2 is 1.86 bits per heavy atom. The molecule has 0 aliphatic carbocycles. The molecular weight excluding hydrogens is 283 g/mol. The molecule has 0 bridgehead atoms. The van der Waals surface area contributed by atoms with Crippen LogP contribution in [0, 0.1) is 17.5 Å². The van der Waals surface area contributed by atoms with Crippen LogP contribution in [0.1, 0.15) is 12.8 Å². The summed E-state index contributed by atoms with van der Waals surface area (Å²) in [6.45, 7) is 2.15. The van der Waals surface area contributed by atoms with Gasteiger partial charge in [0.25, 0.3) is 0 Å². The Balaban J connectivity index is 2.30. The molecule has 0 atom stereocenters. The van der Waals surface area contributed by atoms with Gasteiger partial charge in [-0.1, -0.05) is 0 Å². The molecule has 0 saturated carbocycles. The van der Waals surface area contributed by atoms with Gasteiger partial charge < -0.3 is 15.5 Å². The summed E-state index contributed by atoms with van der Waals surface area (Å²) in [5, 5.41) is 5.30. The topological polar surface area (TPSA) is 44.4 Å². The van der Waals surface area contributed by atoms with Gasteiger partial charge in [0, 0.05) is 13.0 Å². The minimum absolute atomic E-state index is 0.125. The predicted molar refractivity (Wildman–Crippen MR) is 75.6 cm³/mol. The number of carbonyl (C=O) groups is 1. The molecule has 0 heterocycles. The van der Waals surface area contributed by atoms with Gasteiger partial charge in [-0.15, -0.1) is 0 Å². The third-order valence-corrected chi connectivity index (χ3v) is 2.80. The summed E-state index contributed by atoms with van der Waals surface area (Å²) in [7, 11) is 3.95. The normalized spacial score (nSPS) is 11.0. The lowest BCUT2D eigenvalue weighted by molar-refractivity contribution is -0.116. The highest BCUT2D eigenvalue weighted by atomic mass is 19.2. The lowest BCUT2D eigenvalue weighted by Gasteiger charge is -2.10. The van der Waals surface area contributed by atoms with Gasteiger partial charge in [-0.05, 0) is 45.7 Å². The molecule has 0 radical (unpaired) electrons. The number of rotatable bonds is 8. The van der Waals surface area contributed by atoms with Crippen molar-refractivity contribution in [2.45, 2.75) is 12.8 Å². The van der Waals surface area contributed by atoms with E-state index in [2.05, 4.69) is 15.5 Å². The van der Waals surface area contributed by atoms with Gasteiger partial charge in [0.2, 0.25) is 5.91 Å². The Labute approximate surface area is 122 Å². The molecule has 7 heteroatoms. The zero-order valence-electron chi connectivity index (χ0n) is 12.2. The van der Waals surface area contributed by atoms with Crippen molar-refractivity contribution >= 4 is 11.6 Å². The Bertz CT molecular complexity index is 481. The van der Waals surface area contributed by atoms with Crippen molar-refractivity contribution in [3.8, 4) is 0 Å². The Hall–Kier alpha value is -1.60. The molecule has 2 N–H and O–H groups in total. The van der Waals surface area contributed by atoms with Crippen LogP contribution in [0.4, 0.5) is 18.9 Å². The lowest BCUT2D eigenvalue weighted by Crippen LogP contribution is -2.25. The molecule has 1 aromatic rings. The number of carbonyl (C=O) groups excluding carboxylic acids is 1. The van der Waals surface area contributed by atoms with Crippen LogP contribution in [0.15, 0.2) is 12.1 Å². The van der Waals surface area contributed by atoms with Gasteiger partial charge in [0.15, 0.2) is 17.5 Å². The monoisotopic (exact) mass is 303 g/mol. The summed E-state index contributed by atoms with van der Waals surface area (Å²) in [4.78, 5) is 13.6. The fraction of sp³-hybridized carbons (Fsp3) is 0.500. The van der Waals surface area contributed by atoms with Crippen molar-refractivity contribution in [3.63, 3.8) is 0 Å². The van der Waals surface area contributed by atoms with E-state index in [9.17, 15) is 18.0 Å². The standard InChI is InChI=1S/C14H20F3N3O/c1-20(2)9-3-7-18-8-6-12(21)19-11-5-4-10(15)13(16)14(11)17/h4-5,18H,3,6-9H2,1-2H3,(H,19,21). The first-order chi connectivity index (χ1) is 9.91. The first-order valence-electron chi connectivity index (χ1n) is 6.70. The number of nitrogens with zero attached hydrogens (tertiary/aromatic N) is 1. The molecule has 1 rings (SSSR count). The van der Waals surface area contributed by atoms with Gasteiger partial charge in [-0.2, -0.15) is 0 Å². The number of nitrogens with one attached hydrogen (secondary N) is 2. The van der Waals surface area contributed by atoms with E-state index in [-0.39, 0.29) is 12.1 Å². The van der Waals surface area contributed by atoms with Crippen LogP contribution >= 0.6 is 0 Å². The highest BCUT2D eigenvalue weighted by molar-refractivity contribution is 5.90. The summed E-state index contributed by atoms with van der Waals surface area (Å²) < 4.78 is 39.1. The molecular formula is C14H20F3N3O. The predicted octanol–water partition coefficient (Wildman–Crippen LogP) is 1.97. The van der Waals surface area contributed by atoms with E-state index in [1.165, 1.54) is 0 Å². The Kier molecular flexibility index (Phi) is 7.18. The van der Waals surface area contributed by atoms with E-state index in [0.29, 0.717) is 6.54 Å². The minimum atomic E-state index is -1.59. The van der Waals surface area contributed by atoms with Crippen LogP contribution in [-0.4, -0.2) is 44.5 Å². The molecule has 0 unspecified atom stereocenters.